The van der Waals surface area contributed by atoms with Gasteiger partial charge < -0.3 is 9.47 Å². The van der Waals surface area contributed by atoms with Gasteiger partial charge in [0.05, 0.1) is 12.0 Å². The molecule has 2 aromatic carbocycles. The third-order valence-electron chi connectivity index (χ3n) is 4.58. The van der Waals surface area contributed by atoms with E-state index in [0.29, 0.717) is 17.2 Å². The molecule has 170 valence electrons. The van der Waals surface area contributed by atoms with Crippen molar-refractivity contribution in [2.24, 2.45) is 0 Å². The van der Waals surface area contributed by atoms with E-state index in [-0.39, 0.29) is 19.0 Å². The summed E-state index contributed by atoms with van der Waals surface area (Å²) in [4.78, 5) is 9.93. The van der Waals surface area contributed by atoms with E-state index in [0.717, 1.165) is 11.6 Å². The van der Waals surface area contributed by atoms with Gasteiger partial charge in [0.2, 0.25) is 15.9 Å². The highest BCUT2D eigenvalue weighted by atomic mass is 32.2. The summed E-state index contributed by atoms with van der Waals surface area (Å²) in [5.41, 5.74) is 0.770. The second-order valence-corrected chi connectivity index (χ2v) is 8.40. The summed E-state index contributed by atoms with van der Waals surface area (Å²) in [6.07, 6.45) is 0. The summed E-state index contributed by atoms with van der Waals surface area (Å²) in [5.74, 6) is 1.42. The Balaban J connectivity index is 1.44. The van der Waals surface area contributed by atoms with Crippen molar-refractivity contribution in [1.29, 1.82) is 0 Å². The van der Waals surface area contributed by atoms with E-state index in [2.05, 4.69) is 20.0 Å². The van der Waals surface area contributed by atoms with Gasteiger partial charge in [0, 0.05) is 24.2 Å². The van der Waals surface area contributed by atoms with Crippen LogP contribution in [0.25, 0.3) is 17.0 Å². The number of methoxy groups -OCH3 is 1. The number of nitro groups is 1. The fourth-order valence-corrected chi connectivity index (χ4v) is 4.20. The Morgan fingerprint density at radius 3 is 2.55 bits per heavy atom. The van der Waals surface area contributed by atoms with Crippen LogP contribution >= 0.6 is 0 Å². The Labute approximate surface area is 188 Å². The van der Waals surface area contributed by atoms with Crippen LogP contribution in [0, 0.1) is 10.1 Å². The zero-order valence-electron chi connectivity index (χ0n) is 17.3. The van der Waals surface area contributed by atoms with Gasteiger partial charge in [-0.2, -0.15) is 4.52 Å². The number of fused-ring (bicyclic) bond motifs is 1. The quantitative estimate of drug-likeness (QED) is 0.220. The lowest BCUT2D eigenvalue weighted by Crippen LogP contribution is -2.29. The molecule has 0 unspecified atom stereocenters. The monoisotopic (exact) mass is 470 g/mol. The van der Waals surface area contributed by atoms with E-state index in [4.69, 9.17) is 9.47 Å². The van der Waals surface area contributed by atoms with Crippen molar-refractivity contribution in [2.75, 3.05) is 20.3 Å². The van der Waals surface area contributed by atoms with Crippen LogP contribution < -0.4 is 14.2 Å². The van der Waals surface area contributed by atoms with Gasteiger partial charge in [0.15, 0.2) is 16.4 Å². The summed E-state index contributed by atoms with van der Waals surface area (Å²) < 4.78 is 39.4. The average molecular weight is 470 g/mol. The Kier molecular flexibility index (Phi) is 6.15. The Bertz CT molecular complexity index is 1400. The molecule has 0 saturated heterocycles. The van der Waals surface area contributed by atoms with E-state index >= 15 is 0 Å². The van der Waals surface area contributed by atoms with Crippen LogP contribution in [0.1, 0.15) is 0 Å². The van der Waals surface area contributed by atoms with Crippen molar-refractivity contribution in [3.63, 3.8) is 0 Å². The molecule has 0 amide bonds. The number of aromatic nitrogens is 4. The molecule has 0 aliphatic heterocycles. The minimum Gasteiger partial charge on any atom is -0.497 e. The summed E-state index contributed by atoms with van der Waals surface area (Å²) >= 11 is 0. The first kappa shape index (κ1) is 22.1. The number of ether oxygens (including phenoxy) is 2. The lowest BCUT2D eigenvalue weighted by atomic mass is 10.2. The van der Waals surface area contributed by atoms with Crippen molar-refractivity contribution in [3.05, 3.63) is 70.8 Å². The Hall–Kier alpha value is -4.10. The highest BCUT2D eigenvalue weighted by Crippen LogP contribution is 2.23. The number of nitrogens with zero attached hydrogens (tertiary/aromatic N) is 5. The van der Waals surface area contributed by atoms with Gasteiger partial charge in [-0.1, -0.05) is 12.1 Å². The minimum atomic E-state index is -4.09. The van der Waals surface area contributed by atoms with E-state index in [1.54, 1.807) is 31.4 Å². The maximum absolute atomic E-state index is 12.4. The third-order valence-corrected chi connectivity index (χ3v) is 6.09. The normalized spacial score (nSPS) is 11.4. The van der Waals surface area contributed by atoms with Gasteiger partial charge in [0.25, 0.3) is 5.69 Å². The largest absolute Gasteiger partial charge is 0.497 e. The van der Waals surface area contributed by atoms with Crippen molar-refractivity contribution < 1.29 is 22.8 Å². The molecule has 0 spiro atoms. The number of hydrogen-bond donors (Lipinski definition) is 1. The second-order valence-electron chi connectivity index (χ2n) is 6.66. The summed E-state index contributed by atoms with van der Waals surface area (Å²) in [7, 11) is -2.51. The summed E-state index contributed by atoms with van der Waals surface area (Å²) in [5, 5.41) is 23.7. The molecule has 0 aliphatic carbocycles. The smallest absolute Gasteiger partial charge is 0.289 e. The Morgan fingerprint density at radius 1 is 1.06 bits per heavy atom. The predicted molar refractivity (Wildman–Crippen MR) is 117 cm³/mol. The van der Waals surface area contributed by atoms with Gasteiger partial charge in [-0.3, -0.25) is 10.1 Å². The molecule has 0 radical (unpaired) electrons. The molecule has 33 heavy (non-hydrogen) atoms. The van der Waals surface area contributed by atoms with Gasteiger partial charge in [0.1, 0.15) is 12.4 Å². The van der Waals surface area contributed by atoms with E-state index in [1.807, 2.05) is 12.1 Å². The number of nitro benzene ring substituents is 1. The molecule has 4 rings (SSSR count). The topological polar surface area (TPSA) is 151 Å². The molecule has 12 nitrogen and oxygen atoms in total. The molecule has 1 N–H and O–H groups in total. The third kappa shape index (κ3) is 4.73. The first-order chi connectivity index (χ1) is 15.9. The van der Waals surface area contributed by atoms with Crippen LogP contribution in [0.2, 0.25) is 0 Å². The highest BCUT2D eigenvalue weighted by molar-refractivity contribution is 7.89. The molecule has 2 heterocycles. The zero-order chi connectivity index (χ0) is 23.4. The molecule has 0 aliphatic rings. The molecule has 0 fully saturated rings. The molecule has 2 aromatic heterocycles. The number of para-hydroxylation sites is 1. The van der Waals surface area contributed by atoms with Gasteiger partial charge >= 0.3 is 0 Å². The molecular weight excluding hydrogens is 452 g/mol. The first-order valence-electron chi connectivity index (χ1n) is 9.62. The second kappa shape index (κ2) is 9.18. The fourth-order valence-electron chi connectivity index (χ4n) is 3.01. The van der Waals surface area contributed by atoms with E-state index in [1.165, 1.54) is 22.7 Å². The maximum atomic E-state index is 12.4. The number of hydrogen-bond acceptors (Lipinski definition) is 9. The van der Waals surface area contributed by atoms with Crippen LogP contribution in [0.4, 0.5) is 5.69 Å². The van der Waals surface area contributed by atoms with Crippen molar-refractivity contribution in [2.45, 2.75) is 4.90 Å². The van der Waals surface area contributed by atoms with Crippen molar-refractivity contribution in [3.8, 4) is 23.0 Å². The first-order valence-corrected chi connectivity index (χ1v) is 11.1. The highest BCUT2D eigenvalue weighted by Gasteiger charge is 2.24. The number of sulfonamides is 1. The summed E-state index contributed by atoms with van der Waals surface area (Å²) in [6.45, 7) is -0.181. The number of benzene rings is 2. The molecule has 0 saturated carbocycles. The maximum Gasteiger partial charge on any atom is 0.289 e. The SMILES string of the molecule is COc1ccc(-c2nnc3ccc(OCCNS(=O)(=O)c4ccccc4[N+](=O)[O-])nn23)cc1. The van der Waals surface area contributed by atoms with Crippen LogP contribution in [0.15, 0.2) is 65.6 Å². The standard InChI is InChI=1S/C20H18N6O6S/c1-31-15-8-6-14(7-9-15)20-23-22-18-10-11-19(24-25(18)20)32-13-12-21-33(29,30)17-5-3-2-4-16(17)26(27)28/h2-11,21H,12-13H2,1H3. The van der Waals surface area contributed by atoms with E-state index in [9.17, 15) is 18.5 Å². The number of nitrogens with one attached hydrogen (secondary N) is 1. The number of rotatable bonds is 9. The lowest BCUT2D eigenvalue weighted by molar-refractivity contribution is -0.387. The lowest BCUT2D eigenvalue weighted by Gasteiger charge is -2.09. The van der Waals surface area contributed by atoms with Crippen LogP contribution in [-0.2, 0) is 10.0 Å². The fraction of sp³-hybridized carbons (Fsp3) is 0.150. The molecule has 4 aromatic rings. The van der Waals surface area contributed by atoms with Crippen LogP contribution in [-0.4, -0.2) is 53.4 Å². The van der Waals surface area contributed by atoms with Crippen molar-refractivity contribution in [1.82, 2.24) is 24.5 Å². The van der Waals surface area contributed by atoms with E-state index < -0.39 is 25.5 Å². The molecule has 0 bridgehead atoms. The zero-order valence-corrected chi connectivity index (χ0v) is 18.1. The molecular formula is C20H18N6O6S. The van der Waals surface area contributed by atoms with Crippen LogP contribution in [0.3, 0.4) is 0 Å². The van der Waals surface area contributed by atoms with Gasteiger partial charge in [-0.05, 0) is 36.4 Å². The molecule has 13 heteroatoms. The van der Waals surface area contributed by atoms with Crippen molar-refractivity contribution >= 4 is 21.4 Å². The Morgan fingerprint density at radius 2 is 1.82 bits per heavy atom. The predicted octanol–water partition coefficient (Wildman–Crippen LogP) is 2.07. The minimum absolute atomic E-state index is 0.0572. The summed E-state index contributed by atoms with van der Waals surface area (Å²) in [6, 6.07) is 15.6. The van der Waals surface area contributed by atoms with Crippen LogP contribution in [0.5, 0.6) is 11.6 Å². The van der Waals surface area contributed by atoms with Gasteiger partial charge in [-0.15, -0.1) is 15.3 Å². The average Bonchev–Trinajstić information content (AvgIpc) is 3.25. The molecule has 0 atom stereocenters. The van der Waals surface area contributed by atoms with Gasteiger partial charge in [-0.25, -0.2) is 13.1 Å².